The predicted molar refractivity (Wildman–Crippen MR) is 90.5 cm³/mol. The molecule has 0 saturated carbocycles. The Hall–Kier alpha value is -2.08. The number of urea groups is 1. The zero-order valence-corrected chi connectivity index (χ0v) is 13.3. The first-order valence-electron chi connectivity index (χ1n) is 8.40. The Kier molecular flexibility index (Phi) is 5.12. The van der Waals surface area contributed by atoms with Gasteiger partial charge in [-0.25, -0.2) is 4.79 Å². The number of carbonyl (C=O) groups excluding carboxylic acids is 2. The molecule has 0 aliphatic carbocycles. The van der Waals surface area contributed by atoms with Crippen LogP contribution >= 0.6 is 0 Å². The summed E-state index contributed by atoms with van der Waals surface area (Å²) in [4.78, 5) is 26.4. The number of hydrogen-bond acceptors (Lipinski definition) is 3. The Balaban J connectivity index is 1.65. The van der Waals surface area contributed by atoms with Gasteiger partial charge in [0.2, 0.25) is 5.91 Å². The highest BCUT2D eigenvalue weighted by molar-refractivity contribution is 5.99. The maximum Gasteiger partial charge on any atom is 0.321 e. The highest BCUT2D eigenvalue weighted by Crippen LogP contribution is 2.23. The second-order valence-corrected chi connectivity index (χ2v) is 6.20. The van der Waals surface area contributed by atoms with Crippen LogP contribution in [0.2, 0.25) is 0 Å². The molecule has 1 unspecified atom stereocenters. The van der Waals surface area contributed by atoms with Crippen molar-refractivity contribution < 1.29 is 9.59 Å². The number of anilines is 2. The molecule has 0 aromatic heterocycles. The molecule has 1 atom stereocenters. The van der Waals surface area contributed by atoms with Gasteiger partial charge in [0, 0.05) is 19.6 Å². The molecule has 3 amide bonds. The first kappa shape index (κ1) is 15.8. The SMILES string of the molecule is O=C(Nc1ccccc1NC(=O)N1CCCC1)C1CCCNC1. The maximum atomic E-state index is 12.4. The number of piperidine rings is 1. The van der Waals surface area contributed by atoms with E-state index in [0.29, 0.717) is 17.9 Å². The lowest BCUT2D eigenvalue weighted by molar-refractivity contribution is -0.120. The minimum Gasteiger partial charge on any atom is -0.325 e. The maximum absolute atomic E-state index is 12.4. The van der Waals surface area contributed by atoms with Crippen LogP contribution in [0.1, 0.15) is 25.7 Å². The number of para-hydroxylation sites is 2. The van der Waals surface area contributed by atoms with Crippen molar-refractivity contribution in [3.05, 3.63) is 24.3 Å². The van der Waals surface area contributed by atoms with E-state index in [0.717, 1.165) is 45.3 Å². The van der Waals surface area contributed by atoms with Crippen LogP contribution in [-0.2, 0) is 4.79 Å². The topological polar surface area (TPSA) is 73.5 Å². The smallest absolute Gasteiger partial charge is 0.321 e. The standard InChI is InChI=1S/C17H24N4O2/c22-16(13-6-5-9-18-12-13)19-14-7-1-2-8-15(14)20-17(23)21-10-3-4-11-21/h1-2,7-8,13,18H,3-6,9-12H2,(H,19,22)(H,20,23). The molecule has 2 heterocycles. The largest absolute Gasteiger partial charge is 0.325 e. The van der Waals surface area contributed by atoms with Gasteiger partial charge in [0.1, 0.15) is 0 Å². The lowest BCUT2D eigenvalue weighted by Gasteiger charge is -2.23. The minimum absolute atomic E-state index is 0.00825. The highest BCUT2D eigenvalue weighted by atomic mass is 16.2. The summed E-state index contributed by atoms with van der Waals surface area (Å²) in [6, 6.07) is 7.28. The third-order valence-electron chi connectivity index (χ3n) is 4.49. The van der Waals surface area contributed by atoms with Crippen LogP contribution in [0.3, 0.4) is 0 Å². The van der Waals surface area contributed by atoms with Gasteiger partial charge in [0.05, 0.1) is 17.3 Å². The van der Waals surface area contributed by atoms with E-state index in [1.54, 1.807) is 0 Å². The van der Waals surface area contributed by atoms with Crippen molar-refractivity contribution in [1.29, 1.82) is 0 Å². The summed E-state index contributed by atoms with van der Waals surface area (Å²) < 4.78 is 0. The van der Waals surface area contributed by atoms with E-state index in [9.17, 15) is 9.59 Å². The van der Waals surface area contributed by atoms with Gasteiger partial charge in [0.25, 0.3) is 0 Å². The lowest BCUT2D eigenvalue weighted by atomic mass is 9.99. The van der Waals surface area contributed by atoms with Gasteiger partial charge in [-0.1, -0.05) is 12.1 Å². The van der Waals surface area contributed by atoms with Crippen LogP contribution < -0.4 is 16.0 Å². The van der Waals surface area contributed by atoms with E-state index in [-0.39, 0.29) is 17.9 Å². The highest BCUT2D eigenvalue weighted by Gasteiger charge is 2.22. The molecule has 1 aromatic carbocycles. The van der Waals surface area contributed by atoms with Gasteiger partial charge < -0.3 is 20.9 Å². The summed E-state index contributed by atoms with van der Waals surface area (Å²) in [5.74, 6) is 0.00570. The van der Waals surface area contributed by atoms with Crippen molar-refractivity contribution in [2.75, 3.05) is 36.8 Å². The third-order valence-corrected chi connectivity index (χ3v) is 4.49. The summed E-state index contributed by atoms with van der Waals surface area (Å²) in [6.07, 6.45) is 4.04. The summed E-state index contributed by atoms with van der Waals surface area (Å²) in [6.45, 7) is 3.29. The van der Waals surface area contributed by atoms with Crippen LogP contribution in [0.15, 0.2) is 24.3 Å². The number of rotatable bonds is 3. The number of amides is 3. The van der Waals surface area contributed by atoms with E-state index >= 15 is 0 Å². The fourth-order valence-electron chi connectivity index (χ4n) is 3.13. The van der Waals surface area contributed by atoms with Gasteiger partial charge >= 0.3 is 6.03 Å². The van der Waals surface area contributed by atoms with Crippen molar-refractivity contribution in [1.82, 2.24) is 10.2 Å². The Morgan fingerprint density at radius 1 is 1.04 bits per heavy atom. The van der Waals surface area contributed by atoms with Crippen LogP contribution in [0, 0.1) is 5.92 Å². The number of carbonyl (C=O) groups is 2. The van der Waals surface area contributed by atoms with Crippen molar-refractivity contribution in [3.63, 3.8) is 0 Å². The fourth-order valence-corrected chi connectivity index (χ4v) is 3.13. The molecule has 2 aliphatic rings. The summed E-state index contributed by atoms with van der Waals surface area (Å²) in [5.41, 5.74) is 1.32. The molecule has 0 spiro atoms. The molecular formula is C17H24N4O2. The van der Waals surface area contributed by atoms with E-state index in [4.69, 9.17) is 0 Å². The first-order valence-corrected chi connectivity index (χ1v) is 8.40. The zero-order valence-electron chi connectivity index (χ0n) is 13.3. The van der Waals surface area contributed by atoms with Gasteiger partial charge in [-0.3, -0.25) is 4.79 Å². The van der Waals surface area contributed by atoms with Crippen molar-refractivity contribution in [3.8, 4) is 0 Å². The molecule has 2 aliphatic heterocycles. The van der Waals surface area contributed by atoms with E-state index in [2.05, 4.69) is 16.0 Å². The molecule has 23 heavy (non-hydrogen) atoms. The monoisotopic (exact) mass is 316 g/mol. The quantitative estimate of drug-likeness (QED) is 0.801. The molecule has 3 N–H and O–H groups in total. The number of nitrogens with one attached hydrogen (secondary N) is 3. The van der Waals surface area contributed by atoms with Gasteiger partial charge in [0.15, 0.2) is 0 Å². The Bertz CT molecular complexity index is 563. The average molecular weight is 316 g/mol. The van der Waals surface area contributed by atoms with Crippen LogP contribution in [0.5, 0.6) is 0 Å². The van der Waals surface area contributed by atoms with Crippen molar-refractivity contribution in [2.45, 2.75) is 25.7 Å². The zero-order chi connectivity index (χ0) is 16.1. The van der Waals surface area contributed by atoms with Crippen molar-refractivity contribution >= 4 is 23.3 Å². The predicted octanol–water partition coefficient (Wildman–Crippen LogP) is 2.25. The molecule has 3 rings (SSSR count). The molecule has 0 radical (unpaired) electrons. The fraction of sp³-hybridized carbons (Fsp3) is 0.529. The number of hydrogen-bond donors (Lipinski definition) is 3. The Morgan fingerprint density at radius 2 is 1.74 bits per heavy atom. The van der Waals surface area contributed by atoms with Gasteiger partial charge in [-0.05, 0) is 44.4 Å². The molecule has 2 saturated heterocycles. The third kappa shape index (κ3) is 4.01. The van der Waals surface area contributed by atoms with Gasteiger partial charge in [-0.15, -0.1) is 0 Å². The molecule has 6 heteroatoms. The van der Waals surface area contributed by atoms with E-state index in [1.165, 1.54) is 0 Å². The molecule has 124 valence electrons. The van der Waals surface area contributed by atoms with E-state index < -0.39 is 0 Å². The first-order chi connectivity index (χ1) is 11.2. The molecule has 1 aromatic rings. The van der Waals surface area contributed by atoms with Crippen LogP contribution in [0.4, 0.5) is 16.2 Å². The average Bonchev–Trinajstić information content (AvgIpc) is 3.12. The second-order valence-electron chi connectivity index (χ2n) is 6.20. The Morgan fingerprint density at radius 3 is 2.39 bits per heavy atom. The molecule has 0 bridgehead atoms. The normalized spacial score (nSPS) is 21.0. The molecule has 2 fully saturated rings. The number of likely N-dealkylation sites (tertiary alicyclic amines) is 1. The molecular weight excluding hydrogens is 292 g/mol. The van der Waals surface area contributed by atoms with Crippen LogP contribution in [-0.4, -0.2) is 43.0 Å². The second kappa shape index (κ2) is 7.46. The van der Waals surface area contributed by atoms with Crippen molar-refractivity contribution in [2.24, 2.45) is 5.92 Å². The number of nitrogens with zero attached hydrogens (tertiary/aromatic N) is 1. The summed E-state index contributed by atoms with van der Waals surface area (Å²) in [5, 5.41) is 9.13. The lowest BCUT2D eigenvalue weighted by Crippen LogP contribution is -2.37. The van der Waals surface area contributed by atoms with E-state index in [1.807, 2.05) is 29.2 Å². The van der Waals surface area contributed by atoms with Gasteiger partial charge in [-0.2, -0.15) is 0 Å². The summed E-state index contributed by atoms with van der Waals surface area (Å²) >= 11 is 0. The Labute approximate surface area is 136 Å². The minimum atomic E-state index is -0.0940. The summed E-state index contributed by atoms with van der Waals surface area (Å²) in [7, 11) is 0. The van der Waals surface area contributed by atoms with Crippen LogP contribution in [0.25, 0.3) is 0 Å². The molecule has 6 nitrogen and oxygen atoms in total. The number of benzene rings is 1.